The molecule has 74 valence electrons. The molecule has 2 atom stereocenters. The lowest BCUT2D eigenvalue weighted by atomic mass is 9.85. The molecule has 3 rings (SSSR count). The molecule has 1 heterocycles. The van der Waals surface area contributed by atoms with Gasteiger partial charge in [-0.25, -0.2) is 0 Å². The molecule has 0 N–H and O–H groups in total. The summed E-state index contributed by atoms with van der Waals surface area (Å²) in [5.41, 5.74) is 1.20. The quantitative estimate of drug-likeness (QED) is 0.598. The highest BCUT2D eigenvalue weighted by Gasteiger charge is 2.21. The van der Waals surface area contributed by atoms with Gasteiger partial charge in [0.25, 0.3) is 0 Å². The third kappa shape index (κ3) is 1.35. The standard InChI is InChI=1S/C14H13N/c1-10-5-4-8-14-12(10)9-11-6-2-3-7-13(11)15-14/h2-10,12H,1H3. The Hall–Kier alpha value is -1.63. The van der Waals surface area contributed by atoms with Crippen molar-refractivity contribution >= 4 is 6.08 Å². The van der Waals surface area contributed by atoms with Crippen molar-refractivity contribution in [2.45, 2.75) is 6.92 Å². The molecule has 0 saturated carbocycles. The van der Waals surface area contributed by atoms with Crippen LogP contribution in [0.4, 0.5) is 0 Å². The van der Waals surface area contributed by atoms with E-state index in [2.05, 4.69) is 49.4 Å². The van der Waals surface area contributed by atoms with E-state index in [-0.39, 0.29) is 0 Å². The molecule has 1 aromatic rings. The van der Waals surface area contributed by atoms with E-state index in [1.54, 1.807) is 0 Å². The van der Waals surface area contributed by atoms with E-state index in [0.717, 1.165) is 5.36 Å². The minimum Gasteiger partial charge on any atom is -0.252 e. The summed E-state index contributed by atoms with van der Waals surface area (Å²) in [6, 6.07) is 8.33. The van der Waals surface area contributed by atoms with Gasteiger partial charge < -0.3 is 0 Å². The highest BCUT2D eigenvalue weighted by Crippen LogP contribution is 2.28. The summed E-state index contributed by atoms with van der Waals surface area (Å²) >= 11 is 0. The largest absolute Gasteiger partial charge is 0.252 e. The minimum atomic E-state index is 0.463. The lowest BCUT2D eigenvalue weighted by Crippen LogP contribution is -2.32. The maximum absolute atomic E-state index is 4.70. The summed E-state index contributed by atoms with van der Waals surface area (Å²) < 4.78 is 0. The van der Waals surface area contributed by atoms with Gasteiger partial charge in [-0.1, -0.05) is 43.4 Å². The predicted molar refractivity (Wildman–Crippen MR) is 61.6 cm³/mol. The number of hydrogen-bond acceptors (Lipinski definition) is 1. The molecule has 0 saturated heterocycles. The maximum atomic E-state index is 4.70. The molecule has 1 heteroatoms. The number of para-hydroxylation sites is 1. The summed E-state index contributed by atoms with van der Waals surface area (Å²) in [5.74, 6) is 1.02. The van der Waals surface area contributed by atoms with Crippen molar-refractivity contribution in [2.75, 3.05) is 0 Å². The molecule has 0 fully saturated rings. The zero-order valence-corrected chi connectivity index (χ0v) is 8.72. The predicted octanol–water partition coefficient (Wildman–Crippen LogP) is 1.81. The van der Waals surface area contributed by atoms with Crippen LogP contribution < -0.4 is 10.6 Å². The van der Waals surface area contributed by atoms with E-state index in [0.29, 0.717) is 11.8 Å². The van der Waals surface area contributed by atoms with Gasteiger partial charge in [0, 0.05) is 11.6 Å². The molecule has 1 aromatic carbocycles. The van der Waals surface area contributed by atoms with Gasteiger partial charge in [0.15, 0.2) is 0 Å². The number of rotatable bonds is 0. The lowest BCUT2D eigenvalue weighted by molar-refractivity contribution is 0.587. The summed E-state index contributed by atoms with van der Waals surface area (Å²) in [4.78, 5) is 4.70. The third-order valence-electron chi connectivity index (χ3n) is 3.14. The van der Waals surface area contributed by atoms with Gasteiger partial charge in [0.2, 0.25) is 0 Å². The third-order valence-corrected chi connectivity index (χ3v) is 3.14. The monoisotopic (exact) mass is 195 g/mol. The molecule has 0 bridgehead atoms. The SMILES string of the molecule is CC1C=CC=C2N=c3ccccc3=CC21. The van der Waals surface area contributed by atoms with Gasteiger partial charge in [-0.3, -0.25) is 4.99 Å². The molecule has 1 aliphatic heterocycles. The molecule has 1 aliphatic carbocycles. The summed E-state index contributed by atoms with van der Waals surface area (Å²) in [6.45, 7) is 2.24. The molecule has 0 radical (unpaired) electrons. The summed E-state index contributed by atoms with van der Waals surface area (Å²) in [7, 11) is 0. The van der Waals surface area contributed by atoms with Crippen molar-refractivity contribution in [3.63, 3.8) is 0 Å². The van der Waals surface area contributed by atoms with Crippen LogP contribution in [0.5, 0.6) is 0 Å². The Labute approximate surface area is 89.2 Å². The minimum absolute atomic E-state index is 0.463. The first kappa shape index (κ1) is 8.66. The van der Waals surface area contributed by atoms with Gasteiger partial charge in [0.1, 0.15) is 0 Å². The van der Waals surface area contributed by atoms with Crippen molar-refractivity contribution in [1.29, 1.82) is 0 Å². The van der Waals surface area contributed by atoms with Gasteiger partial charge in [-0.15, -0.1) is 0 Å². The first-order valence-corrected chi connectivity index (χ1v) is 5.38. The van der Waals surface area contributed by atoms with E-state index in [1.807, 2.05) is 6.07 Å². The summed E-state index contributed by atoms with van der Waals surface area (Å²) in [5, 5.41) is 2.37. The Balaban J connectivity index is 2.27. The number of hydrogen-bond donors (Lipinski definition) is 0. The highest BCUT2D eigenvalue weighted by molar-refractivity contribution is 5.42. The Bertz CT molecular complexity index is 563. The fraction of sp³-hybridized carbons (Fsp3) is 0.214. The number of benzene rings is 1. The van der Waals surface area contributed by atoms with E-state index < -0.39 is 0 Å². The average molecular weight is 195 g/mol. The first-order valence-electron chi connectivity index (χ1n) is 5.38. The molecule has 2 unspecified atom stereocenters. The highest BCUT2D eigenvalue weighted by atomic mass is 14.8. The van der Waals surface area contributed by atoms with Gasteiger partial charge in [-0.2, -0.15) is 0 Å². The topological polar surface area (TPSA) is 12.4 Å². The van der Waals surface area contributed by atoms with Crippen molar-refractivity contribution < 1.29 is 0 Å². The summed E-state index contributed by atoms with van der Waals surface area (Å²) in [6.07, 6.45) is 8.81. The van der Waals surface area contributed by atoms with Crippen LogP contribution in [0.3, 0.4) is 0 Å². The normalized spacial score (nSPS) is 26.9. The fourth-order valence-corrected chi connectivity index (χ4v) is 2.24. The molecule has 1 nitrogen and oxygen atoms in total. The van der Waals surface area contributed by atoms with Crippen molar-refractivity contribution in [2.24, 2.45) is 16.8 Å². The van der Waals surface area contributed by atoms with Crippen LogP contribution in [0, 0.1) is 11.8 Å². The Morgan fingerprint density at radius 2 is 2.07 bits per heavy atom. The first-order chi connectivity index (χ1) is 7.34. The van der Waals surface area contributed by atoms with E-state index >= 15 is 0 Å². The van der Waals surface area contributed by atoms with Crippen LogP contribution in [-0.4, -0.2) is 0 Å². The van der Waals surface area contributed by atoms with Crippen LogP contribution in [0.2, 0.25) is 0 Å². The van der Waals surface area contributed by atoms with Gasteiger partial charge in [-0.05, 0) is 23.3 Å². The second-order valence-corrected chi connectivity index (χ2v) is 4.20. The molecule has 0 aromatic heterocycles. The lowest BCUT2D eigenvalue weighted by Gasteiger charge is -2.23. The van der Waals surface area contributed by atoms with Crippen molar-refractivity contribution in [3.8, 4) is 0 Å². The van der Waals surface area contributed by atoms with Crippen molar-refractivity contribution in [3.05, 3.63) is 58.8 Å². The van der Waals surface area contributed by atoms with Crippen LogP contribution in [0.15, 0.2) is 53.2 Å². The molecule has 0 spiro atoms. The van der Waals surface area contributed by atoms with Gasteiger partial charge in [0.05, 0.1) is 5.36 Å². The second kappa shape index (κ2) is 3.20. The zero-order valence-electron chi connectivity index (χ0n) is 8.72. The van der Waals surface area contributed by atoms with Crippen LogP contribution in [-0.2, 0) is 0 Å². The molecule has 15 heavy (non-hydrogen) atoms. The average Bonchev–Trinajstić information content (AvgIpc) is 2.27. The van der Waals surface area contributed by atoms with E-state index in [1.165, 1.54) is 10.9 Å². The zero-order chi connectivity index (χ0) is 10.3. The fourth-order valence-electron chi connectivity index (χ4n) is 2.24. The van der Waals surface area contributed by atoms with Gasteiger partial charge >= 0.3 is 0 Å². The van der Waals surface area contributed by atoms with E-state index in [4.69, 9.17) is 4.99 Å². The number of allylic oxidation sites excluding steroid dienone is 4. The Morgan fingerprint density at radius 1 is 1.20 bits per heavy atom. The smallest absolute Gasteiger partial charge is 0.0702 e. The van der Waals surface area contributed by atoms with Crippen LogP contribution >= 0.6 is 0 Å². The number of fused-ring (bicyclic) bond motifs is 2. The second-order valence-electron chi connectivity index (χ2n) is 4.20. The molecule has 0 amide bonds. The molecular formula is C14H13N. The van der Waals surface area contributed by atoms with Crippen molar-refractivity contribution in [1.82, 2.24) is 0 Å². The Kier molecular flexibility index (Phi) is 1.84. The number of nitrogens with zero attached hydrogens (tertiary/aromatic N) is 1. The molecular weight excluding hydrogens is 182 g/mol. The Morgan fingerprint density at radius 3 is 3.00 bits per heavy atom. The molecule has 2 aliphatic rings. The van der Waals surface area contributed by atoms with Crippen LogP contribution in [0.1, 0.15) is 6.92 Å². The van der Waals surface area contributed by atoms with Crippen LogP contribution in [0.25, 0.3) is 6.08 Å². The maximum Gasteiger partial charge on any atom is 0.0702 e. The van der Waals surface area contributed by atoms with E-state index in [9.17, 15) is 0 Å².